The van der Waals surface area contributed by atoms with Crippen LogP contribution in [0.1, 0.15) is 78.1 Å². The molecule has 1 unspecified atom stereocenters. The Labute approximate surface area is 146 Å². The minimum atomic E-state index is 0.0801. The summed E-state index contributed by atoms with van der Waals surface area (Å²) in [5.74, 6) is 5.78. The van der Waals surface area contributed by atoms with Gasteiger partial charge in [-0.25, -0.2) is 0 Å². The molecule has 8 atom stereocenters. The second kappa shape index (κ2) is 4.95. The van der Waals surface area contributed by atoms with E-state index < -0.39 is 0 Å². The van der Waals surface area contributed by atoms with Crippen molar-refractivity contribution in [2.75, 3.05) is 0 Å². The molecule has 0 heterocycles. The lowest BCUT2D eigenvalue weighted by Gasteiger charge is -2.57. The lowest BCUT2D eigenvalue weighted by atomic mass is 9.47. The average Bonchev–Trinajstić information content (AvgIpc) is 3.24. The molecule has 0 spiro atoms. The summed E-state index contributed by atoms with van der Waals surface area (Å²) >= 11 is 0. The number of carbonyl (C=O) groups is 2. The molecule has 0 aromatic heterocycles. The molecule has 5 saturated carbocycles. The standard InChI is InChI=1S/C22H32O2/c1-3-21-9-8-18-17-7-5-16(24)10-14(17)4-6-19(18)20(21)11-15-12-22(15,21)13(2)23/h14-15,17-20H,3-12H2,1-2H3/t14-,15?,17+,18-,19-,20+,21+,22+/m1/s1. The molecule has 0 amide bonds. The molecule has 0 aliphatic heterocycles. The minimum absolute atomic E-state index is 0.0801. The fourth-order valence-corrected chi connectivity index (χ4v) is 8.90. The van der Waals surface area contributed by atoms with Crippen molar-refractivity contribution in [1.29, 1.82) is 0 Å². The molecule has 24 heavy (non-hydrogen) atoms. The summed E-state index contributed by atoms with van der Waals surface area (Å²) in [6.45, 7) is 4.25. The second-order valence-electron chi connectivity index (χ2n) is 9.93. The summed E-state index contributed by atoms with van der Waals surface area (Å²) in [5.41, 5.74) is 0.415. The maximum Gasteiger partial charge on any atom is 0.136 e. The van der Waals surface area contributed by atoms with Crippen molar-refractivity contribution in [2.45, 2.75) is 78.1 Å². The SMILES string of the molecule is CC[C@]12CC[C@H]3[C@@H](CC[C@@H]4CC(=O)CC[C@@H]43)[C@@H]1CC1C[C@]12C(C)=O. The Morgan fingerprint density at radius 1 is 1.12 bits per heavy atom. The Morgan fingerprint density at radius 2 is 1.96 bits per heavy atom. The van der Waals surface area contributed by atoms with Crippen LogP contribution in [0.4, 0.5) is 0 Å². The number of ketones is 2. The number of hydrogen-bond acceptors (Lipinski definition) is 2. The number of carbonyl (C=O) groups excluding carboxylic acids is 2. The van der Waals surface area contributed by atoms with Gasteiger partial charge >= 0.3 is 0 Å². The highest BCUT2D eigenvalue weighted by atomic mass is 16.1. The van der Waals surface area contributed by atoms with Crippen LogP contribution in [0, 0.1) is 46.3 Å². The van der Waals surface area contributed by atoms with E-state index in [-0.39, 0.29) is 5.41 Å². The number of Topliss-reactive ketones (excluding diaryl/α,β-unsaturated/α-hetero) is 2. The van der Waals surface area contributed by atoms with E-state index >= 15 is 0 Å². The van der Waals surface area contributed by atoms with Gasteiger partial charge in [-0.15, -0.1) is 0 Å². The molecule has 0 radical (unpaired) electrons. The smallest absolute Gasteiger partial charge is 0.136 e. The van der Waals surface area contributed by atoms with Crippen LogP contribution >= 0.6 is 0 Å². The zero-order chi connectivity index (χ0) is 16.7. The molecule has 0 aromatic carbocycles. The molecule has 132 valence electrons. The molecule has 5 rings (SSSR count). The zero-order valence-corrected chi connectivity index (χ0v) is 15.4. The normalized spacial score (nSPS) is 55.2. The molecule has 2 nitrogen and oxygen atoms in total. The third-order valence-corrected chi connectivity index (χ3v) is 9.76. The van der Waals surface area contributed by atoms with Gasteiger partial charge in [0, 0.05) is 18.3 Å². The van der Waals surface area contributed by atoms with E-state index in [0.29, 0.717) is 28.8 Å². The topological polar surface area (TPSA) is 34.1 Å². The van der Waals surface area contributed by atoms with Gasteiger partial charge in [-0.3, -0.25) is 9.59 Å². The third-order valence-electron chi connectivity index (χ3n) is 9.76. The van der Waals surface area contributed by atoms with Crippen LogP contribution in [0.3, 0.4) is 0 Å². The van der Waals surface area contributed by atoms with Crippen molar-refractivity contribution in [3.63, 3.8) is 0 Å². The van der Waals surface area contributed by atoms with Crippen molar-refractivity contribution in [3.8, 4) is 0 Å². The monoisotopic (exact) mass is 328 g/mol. The third kappa shape index (κ3) is 1.69. The Bertz CT molecular complexity index is 595. The number of hydrogen-bond donors (Lipinski definition) is 0. The van der Waals surface area contributed by atoms with Crippen molar-refractivity contribution >= 4 is 11.6 Å². The van der Waals surface area contributed by atoms with Gasteiger partial charge in [-0.1, -0.05) is 6.92 Å². The Balaban J connectivity index is 1.46. The van der Waals surface area contributed by atoms with Crippen molar-refractivity contribution < 1.29 is 9.59 Å². The van der Waals surface area contributed by atoms with Gasteiger partial charge in [0.1, 0.15) is 11.6 Å². The quantitative estimate of drug-likeness (QED) is 0.729. The molecular formula is C22H32O2. The summed E-state index contributed by atoms with van der Waals surface area (Å²) in [5, 5.41) is 0. The van der Waals surface area contributed by atoms with E-state index in [1.54, 1.807) is 0 Å². The Kier molecular flexibility index (Phi) is 3.21. The van der Waals surface area contributed by atoms with Crippen molar-refractivity contribution in [3.05, 3.63) is 0 Å². The average molecular weight is 328 g/mol. The van der Waals surface area contributed by atoms with Gasteiger partial charge in [0.15, 0.2) is 0 Å². The maximum atomic E-state index is 12.6. The fraction of sp³-hybridized carbons (Fsp3) is 0.909. The lowest BCUT2D eigenvalue weighted by molar-refractivity contribution is -0.139. The lowest BCUT2D eigenvalue weighted by Crippen LogP contribution is -2.52. The van der Waals surface area contributed by atoms with Crippen molar-refractivity contribution in [2.24, 2.45) is 46.3 Å². The molecular weight excluding hydrogens is 296 g/mol. The van der Waals surface area contributed by atoms with Crippen LogP contribution in [-0.2, 0) is 9.59 Å². The van der Waals surface area contributed by atoms with E-state index in [2.05, 4.69) is 6.92 Å². The summed E-state index contributed by atoms with van der Waals surface area (Å²) in [6.07, 6.45) is 11.9. The highest BCUT2D eigenvalue weighted by molar-refractivity contribution is 5.87. The van der Waals surface area contributed by atoms with Crippen LogP contribution in [0.2, 0.25) is 0 Å². The van der Waals surface area contributed by atoms with E-state index in [1.807, 2.05) is 6.92 Å². The van der Waals surface area contributed by atoms with Crippen LogP contribution in [-0.4, -0.2) is 11.6 Å². The first kappa shape index (κ1) is 15.6. The second-order valence-corrected chi connectivity index (χ2v) is 9.93. The molecule has 0 saturated heterocycles. The van der Waals surface area contributed by atoms with Gasteiger partial charge in [0.05, 0.1) is 0 Å². The van der Waals surface area contributed by atoms with Crippen LogP contribution in [0.5, 0.6) is 0 Å². The Morgan fingerprint density at radius 3 is 2.71 bits per heavy atom. The molecule has 2 heteroatoms. The van der Waals surface area contributed by atoms with Gasteiger partial charge in [0.2, 0.25) is 0 Å². The summed E-state index contributed by atoms with van der Waals surface area (Å²) in [4.78, 5) is 24.5. The molecule has 0 bridgehead atoms. The first-order chi connectivity index (χ1) is 11.5. The van der Waals surface area contributed by atoms with Crippen LogP contribution < -0.4 is 0 Å². The fourth-order valence-electron chi connectivity index (χ4n) is 8.90. The van der Waals surface area contributed by atoms with Crippen molar-refractivity contribution in [1.82, 2.24) is 0 Å². The Hall–Kier alpha value is -0.660. The summed E-state index contributed by atoms with van der Waals surface area (Å²) in [7, 11) is 0. The van der Waals surface area contributed by atoms with E-state index in [0.717, 1.165) is 42.9 Å². The predicted octanol–water partition coefficient (Wildman–Crippen LogP) is 4.80. The largest absolute Gasteiger partial charge is 0.300 e. The number of fused-ring (bicyclic) bond motifs is 7. The molecule has 5 fully saturated rings. The molecule has 0 N–H and O–H groups in total. The van der Waals surface area contributed by atoms with Gasteiger partial charge in [-0.05, 0) is 99.2 Å². The summed E-state index contributed by atoms with van der Waals surface area (Å²) < 4.78 is 0. The summed E-state index contributed by atoms with van der Waals surface area (Å²) in [6, 6.07) is 0. The number of rotatable bonds is 2. The first-order valence-corrected chi connectivity index (χ1v) is 10.6. The van der Waals surface area contributed by atoms with Crippen LogP contribution in [0.15, 0.2) is 0 Å². The zero-order valence-electron chi connectivity index (χ0n) is 15.4. The highest BCUT2D eigenvalue weighted by Crippen LogP contribution is 2.81. The van der Waals surface area contributed by atoms with Crippen LogP contribution in [0.25, 0.3) is 0 Å². The maximum absolute atomic E-state index is 12.6. The molecule has 0 aromatic rings. The van der Waals surface area contributed by atoms with E-state index in [4.69, 9.17) is 0 Å². The minimum Gasteiger partial charge on any atom is -0.300 e. The highest BCUT2D eigenvalue weighted by Gasteiger charge is 2.77. The molecule has 5 aliphatic rings. The predicted molar refractivity (Wildman–Crippen MR) is 93.3 cm³/mol. The first-order valence-electron chi connectivity index (χ1n) is 10.6. The van der Waals surface area contributed by atoms with Gasteiger partial charge < -0.3 is 0 Å². The van der Waals surface area contributed by atoms with Gasteiger partial charge in [-0.2, -0.15) is 0 Å². The van der Waals surface area contributed by atoms with E-state index in [9.17, 15) is 9.59 Å². The molecule has 5 aliphatic carbocycles. The van der Waals surface area contributed by atoms with E-state index in [1.165, 1.54) is 44.9 Å². The van der Waals surface area contributed by atoms with Gasteiger partial charge in [0.25, 0.3) is 0 Å².